The van der Waals surface area contributed by atoms with Crippen LogP contribution in [0.5, 0.6) is 5.75 Å². The molecule has 0 radical (unpaired) electrons. The molecule has 4 amide bonds. The maximum atomic E-state index is 13.1. The molecule has 0 N–H and O–H groups in total. The first-order valence-electron chi connectivity index (χ1n) is 17.1. The van der Waals surface area contributed by atoms with Gasteiger partial charge in [-0.1, -0.05) is 67.2 Å². The quantitative estimate of drug-likeness (QED) is 0.107. The van der Waals surface area contributed by atoms with Crippen molar-refractivity contribution >= 4 is 30.3 Å². The Kier molecular flexibility index (Phi) is 18.0. The molecule has 14 nitrogen and oxygen atoms in total. The molecule has 0 unspecified atom stereocenters. The minimum atomic E-state index is -0.923. The topological polar surface area (TPSA) is 160 Å². The molecule has 0 atom stereocenters. The van der Waals surface area contributed by atoms with Crippen molar-refractivity contribution in [1.82, 2.24) is 14.8 Å². The van der Waals surface area contributed by atoms with E-state index in [-0.39, 0.29) is 81.2 Å². The summed E-state index contributed by atoms with van der Waals surface area (Å²) in [4.78, 5) is 70.1. The third-order valence-corrected chi connectivity index (χ3v) is 6.40. The highest BCUT2D eigenvalue weighted by molar-refractivity contribution is 5.88. The third kappa shape index (κ3) is 16.1. The molecule has 0 fully saturated rings. The second-order valence-electron chi connectivity index (χ2n) is 13.5. The van der Waals surface area contributed by atoms with Crippen LogP contribution in [0.3, 0.4) is 0 Å². The second kappa shape index (κ2) is 21.8. The van der Waals surface area contributed by atoms with E-state index in [1.807, 2.05) is 55.4 Å². The highest BCUT2D eigenvalue weighted by Crippen LogP contribution is 2.17. The van der Waals surface area contributed by atoms with Gasteiger partial charge in [-0.25, -0.2) is 33.8 Å². The molecule has 2 aromatic rings. The maximum absolute atomic E-state index is 13.1. The summed E-state index contributed by atoms with van der Waals surface area (Å²) in [6.07, 6.45) is -3.69. The average Bonchev–Trinajstić information content (AvgIpc) is 3.10. The number of imide groups is 2. The largest absolute Gasteiger partial charge is 0.482 e. The van der Waals surface area contributed by atoms with Crippen LogP contribution in [0.2, 0.25) is 0 Å². The van der Waals surface area contributed by atoms with Gasteiger partial charge >= 0.3 is 30.3 Å². The van der Waals surface area contributed by atoms with Gasteiger partial charge < -0.3 is 28.4 Å². The number of methoxy groups -OCH3 is 1. The molecule has 2 rings (SSSR count). The molecule has 14 heteroatoms. The lowest BCUT2D eigenvalue weighted by Gasteiger charge is -2.23. The van der Waals surface area contributed by atoms with E-state index < -0.39 is 30.3 Å². The highest BCUT2D eigenvalue weighted by Gasteiger charge is 2.29. The number of pyridine rings is 1. The number of hydrogen-bond donors (Lipinski definition) is 0. The van der Waals surface area contributed by atoms with E-state index in [1.54, 1.807) is 36.4 Å². The Morgan fingerprint density at radius 3 is 1.31 bits per heavy atom. The van der Waals surface area contributed by atoms with Crippen LogP contribution in [0, 0.1) is 35.5 Å². The fraction of sp³-hybridized carbons (Fsp3) is 0.526. The number of carbonyl (C=O) groups excluding carboxylic acids is 5. The Balaban J connectivity index is 2.57. The monoisotopic (exact) mass is 725 g/mol. The van der Waals surface area contributed by atoms with Crippen molar-refractivity contribution in [3.8, 4) is 17.6 Å². The minimum Gasteiger partial charge on any atom is -0.482 e. The number of nitrogens with zero attached hydrogens (tertiary/aromatic N) is 3. The number of ether oxygens (including phenoxy) is 6. The molecular formula is C38H51N3O11. The van der Waals surface area contributed by atoms with Crippen molar-refractivity contribution in [3.05, 3.63) is 58.9 Å². The normalized spacial score (nSPS) is 10.7. The standard InChI is InChI=1S/C38H51N3O11/c1-25(2)20-49-35(43)40(36(44)50-21-26(3)4)18-31-16-30(11-10-29-12-14-33(15-13-29)48-24-34(42)47-9)17-32(39-31)19-41(37(45)51-22-27(5)6)38(46)52-23-28(7)8/h12-17,25-28H,18-24H2,1-9H3. The number of benzene rings is 1. The van der Waals surface area contributed by atoms with E-state index in [4.69, 9.17) is 23.7 Å². The van der Waals surface area contributed by atoms with Crippen LogP contribution in [-0.4, -0.2) is 85.3 Å². The molecule has 0 saturated heterocycles. The number of carbonyl (C=O) groups is 5. The molecule has 1 aromatic carbocycles. The predicted octanol–water partition coefficient (Wildman–Crippen LogP) is 6.81. The van der Waals surface area contributed by atoms with E-state index in [9.17, 15) is 24.0 Å². The number of amides is 4. The lowest BCUT2D eigenvalue weighted by Crippen LogP contribution is -2.39. The Bertz CT molecular complexity index is 1440. The smallest absolute Gasteiger partial charge is 0.419 e. The summed E-state index contributed by atoms with van der Waals surface area (Å²) in [6, 6.07) is 9.81. The molecular weight excluding hydrogens is 674 g/mol. The van der Waals surface area contributed by atoms with Crippen LogP contribution >= 0.6 is 0 Å². The zero-order valence-electron chi connectivity index (χ0n) is 31.6. The molecule has 0 spiro atoms. The molecule has 0 bridgehead atoms. The Hall–Kier alpha value is -5.32. The van der Waals surface area contributed by atoms with Crippen LogP contribution in [0.4, 0.5) is 19.2 Å². The van der Waals surface area contributed by atoms with Gasteiger partial charge in [-0.15, -0.1) is 0 Å². The van der Waals surface area contributed by atoms with Crippen molar-refractivity contribution in [2.75, 3.05) is 40.1 Å². The van der Waals surface area contributed by atoms with Crippen LogP contribution in [0.25, 0.3) is 0 Å². The first-order chi connectivity index (χ1) is 24.6. The van der Waals surface area contributed by atoms with Crippen LogP contribution in [0.1, 0.15) is 77.9 Å². The Morgan fingerprint density at radius 2 is 0.962 bits per heavy atom. The van der Waals surface area contributed by atoms with Gasteiger partial charge in [0.05, 0.1) is 58.0 Å². The van der Waals surface area contributed by atoms with E-state index in [2.05, 4.69) is 21.6 Å². The lowest BCUT2D eigenvalue weighted by atomic mass is 10.1. The molecule has 1 heterocycles. The molecule has 1 aromatic heterocycles. The van der Waals surface area contributed by atoms with Crippen molar-refractivity contribution in [2.24, 2.45) is 23.7 Å². The third-order valence-electron chi connectivity index (χ3n) is 6.40. The molecule has 0 aliphatic heterocycles. The lowest BCUT2D eigenvalue weighted by molar-refractivity contribution is -0.142. The fourth-order valence-electron chi connectivity index (χ4n) is 3.86. The zero-order chi connectivity index (χ0) is 38.8. The summed E-state index contributed by atoms with van der Waals surface area (Å²) in [6.45, 7) is 14.2. The van der Waals surface area contributed by atoms with Gasteiger partial charge in [0, 0.05) is 11.1 Å². The van der Waals surface area contributed by atoms with E-state index in [0.717, 1.165) is 9.80 Å². The maximum Gasteiger partial charge on any atom is 0.419 e. The summed E-state index contributed by atoms with van der Waals surface area (Å²) in [5, 5.41) is 0. The molecule has 0 aliphatic carbocycles. The zero-order valence-corrected chi connectivity index (χ0v) is 31.6. The highest BCUT2D eigenvalue weighted by atomic mass is 16.6. The van der Waals surface area contributed by atoms with Gasteiger partial charge in [0.15, 0.2) is 6.61 Å². The van der Waals surface area contributed by atoms with Crippen LogP contribution in [-0.2, 0) is 41.6 Å². The first kappa shape index (κ1) is 42.8. The van der Waals surface area contributed by atoms with Crippen LogP contribution < -0.4 is 4.74 Å². The van der Waals surface area contributed by atoms with E-state index in [0.29, 0.717) is 16.9 Å². The Morgan fingerprint density at radius 1 is 0.596 bits per heavy atom. The van der Waals surface area contributed by atoms with Gasteiger partial charge in [0.2, 0.25) is 0 Å². The van der Waals surface area contributed by atoms with Gasteiger partial charge in [-0.05, 0) is 60.1 Å². The summed E-state index contributed by atoms with van der Waals surface area (Å²) < 4.78 is 31.4. The number of rotatable bonds is 15. The summed E-state index contributed by atoms with van der Waals surface area (Å²) in [7, 11) is 1.27. The van der Waals surface area contributed by atoms with Gasteiger partial charge in [0.25, 0.3) is 0 Å². The summed E-state index contributed by atoms with van der Waals surface area (Å²) in [5.74, 6) is 6.01. The minimum absolute atomic E-state index is 0.00572. The van der Waals surface area contributed by atoms with E-state index >= 15 is 0 Å². The van der Waals surface area contributed by atoms with Gasteiger partial charge in [0.1, 0.15) is 5.75 Å². The summed E-state index contributed by atoms with van der Waals surface area (Å²) in [5.41, 5.74) is 1.38. The average molecular weight is 726 g/mol. The predicted molar refractivity (Wildman–Crippen MR) is 190 cm³/mol. The second-order valence-corrected chi connectivity index (χ2v) is 13.5. The van der Waals surface area contributed by atoms with Crippen molar-refractivity contribution in [1.29, 1.82) is 0 Å². The molecule has 284 valence electrons. The first-order valence-corrected chi connectivity index (χ1v) is 17.1. The van der Waals surface area contributed by atoms with Crippen LogP contribution in [0.15, 0.2) is 36.4 Å². The van der Waals surface area contributed by atoms with Crippen molar-refractivity contribution in [2.45, 2.75) is 68.5 Å². The molecule has 0 aliphatic rings. The SMILES string of the molecule is COC(=O)COc1ccc(C#Cc2cc(CN(C(=O)OCC(C)C)C(=O)OCC(C)C)nc(CN(C(=O)OCC(C)C)C(=O)OCC(C)C)c2)cc1. The molecule has 0 saturated carbocycles. The number of esters is 1. The van der Waals surface area contributed by atoms with Crippen molar-refractivity contribution in [3.63, 3.8) is 0 Å². The van der Waals surface area contributed by atoms with Crippen molar-refractivity contribution < 1.29 is 52.4 Å². The molecule has 52 heavy (non-hydrogen) atoms. The Labute approximate surface area is 306 Å². The fourth-order valence-corrected chi connectivity index (χ4v) is 3.86. The van der Waals surface area contributed by atoms with Gasteiger partial charge in [-0.2, -0.15) is 0 Å². The number of hydrogen-bond acceptors (Lipinski definition) is 12. The summed E-state index contributed by atoms with van der Waals surface area (Å²) >= 11 is 0. The van der Waals surface area contributed by atoms with E-state index in [1.165, 1.54) is 7.11 Å². The number of aromatic nitrogens is 1. The van der Waals surface area contributed by atoms with Gasteiger partial charge in [-0.3, -0.25) is 4.98 Å².